The number of nitrogens with zero attached hydrogens (tertiary/aromatic N) is 3. The third-order valence-electron chi connectivity index (χ3n) is 1.57. The van der Waals surface area contributed by atoms with E-state index >= 15 is 0 Å². The molecule has 0 unspecified atom stereocenters. The zero-order valence-electron chi connectivity index (χ0n) is 8.62. The molecule has 0 saturated heterocycles. The Kier molecular flexibility index (Phi) is 4.82. The van der Waals surface area contributed by atoms with Crippen LogP contribution in [0.2, 0.25) is 0 Å². The predicted octanol–water partition coefficient (Wildman–Crippen LogP) is -0.215. The Morgan fingerprint density at radius 3 is 2.82 bits per heavy atom. The van der Waals surface area contributed by atoms with Gasteiger partial charge in [0.25, 0.3) is 0 Å². The summed E-state index contributed by atoms with van der Waals surface area (Å²) in [5.41, 5.74) is 0. The highest BCUT2D eigenvalue weighted by atomic mass is 19.4. The lowest BCUT2D eigenvalue weighted by Crippen LogP contribution is -2.25. The number of alkyl halides is 3. The zero-order chi connectivity index (χ0) is 12.7. The third kappa shape index (κ3) is 6.45. The highest BCUT2D eigenvalue weighted by molar-refractivity contribution is 5.75. The summed E-state index contributed by atoms with van der Waals surface area (Å²) < 4.78 is 39.3. The standard InChI is InChI=1S/C7H10F3N5O2/c8-7(9,10)4-17-2-1-6(16)11-3-5-12-14-15-13-5/h1-4H2,(H,11,16)(H,12,13,14,15). The average molecular weight is 253 g/mol. The van der Waals surface area contributed by atoms with Crippen LogP contribution in [0.15, 0.2) is 0 Å². The van der Waals surface area contributed by atoms with Crippen molar-refractivity contribution in [1.29, 1.82) is 0 Å². The number of nitrogens with one attached hydrogen (secondary N) is 2. The first kappa shape index (κ1) is 13.4. The number of hydrogen-bond donors (Lipinski definition) is 2. The van der Waals surface area contributed by atoms with Crippen molar-refractivity contribution in [2.45, 2.75) is 19.1 Å². The van der Waals surface area contributed by atoms with Crippen LogP contribution >= 0.6 is 0 Å². The fourth-order valence-corrected chi connectivity index (χ4v) is 0.876. The molecule has 0 atom stereocenters. The molecule has 7 nitrogen and oxygen atoms in total. The van der Waals surface area contributed by atoms with Gasteiger partial charge in [-0.05, 0) is 0 Å². The Bertz CT molecular complexity index is 340. The Hall–Kier alpha value is -1.71. The fraction of sp³-hybridized carbons (Fsp3) is 0.714. The number of aromatic amines is 1. The van der Waals surface area contributed by atoms with E-state index in [1.807, 2.05) is 0 Å². The first-order valence-corrected chi connectivity index (χ1v) is 4.61. The van der Waals surface area contributed by atoms with Gasteiger partial charge < -0.3 is 10.1 Å². The molecule has 0 aromatic carbocycles. The second-order valence-corrected chi connectivity index (χ2v) is 3.02. The number of H-pyrrole nitrogens is 1. The minimum absolute atomic E-state index is 0.0641. The molecule has 0 spiro atoms. The van der Waals surface area contributed by atoms with Gasteiger partial charge in [0.05, 0.1) is 13.2 Å². The van der Waals surface area contributed by atoms with Crippen molar-refractivity contribution in [3.63, 3.8) is 0 Å². The SMILES string of the molecule is O=C(CCOCC(F)(F)F)NCc1nn[nH]n1. The third-order valence-corrected chi connectivity index (χ3v) is 1.57. The molecule has 17 heavy (non-hydrogen) atoms. The van der Waals surface area contributed by atoms with E-state index in [1.54, 1.807) is 0 Å². The molecule has 10 heteroatoms. The van der Waals surface area contributed by atoms with Gasteiger partial charge in [-0.25, -0.2) is 0 Å². The van der Waals surface area contributed by atoms with E-state index in [-0.39, 0.29) is 25.4 Å². The smallest absolute Gasteiger partial charge is 0.372 e. The van der Waals surface area contributed by atoms with Gasteiger partial charge in [0.2, 0.25) is 5.91 Å². The van der Waals surface area contributed by atoms with E-state index < -0.39 is 18.7 Å². The lowest BCUT2D eigenvalue weighted by atomic mass is 10.4. The molecule has 0 aliphatic rings. The van der Waals surface area contributed by atoms with Gasteiger partial charge >= 0.3 is 6.18 Å². The molecule has 0 aliphatic carbocycles. The summed E-state index contributed by atoms with van der Waals surface area (Å²) in [5.74, 6) is -0.161. The van der Waals surface area contributed by atoms with Crippen LogP contribution in [0.4, 0.5) is 13.2 Å². The number of aromatic nitrogens is 4. The molecule has 1 aromatic heterocycles. The van der Waals surface area contributed by atoms with Crippen LogP contribution in [-0.2, 0) is 16.1 Å². The van der Waals surface area contributed by atoms with Crippen LogP contribution in [0.25, 0.3) is 0 Å². The van der Waals surface area contributed by atoms with Gasteiger partial charge in [-0.3, -0.25) is 4.79 Å². The maximum atomic E-state index is 11.7. The Balaban J connectivity index is 2.06. The summed E-state index contributed by atoms with van der Waals surface area (Å²) in [5, 5.41) is 15.0. The minimum atomic E-state index is -4.37. The lowest BCUT2D eigenvalue weighted by Gasteiger charge is -2.07. The van der Waals surface area contributed by atoms with Crippen molar-refractivity contribution >= 4 is 5.91 Å². The van der Waals surface area contributed by atoms with Crippen molar-refractivity contribution in [1.82, 2.24) is 25.9 Å². The largest absolute Gasteiger partial charge is 0.411 e. The van der Waals surface area contributed by atoms with E-state index in [1.165, 1.54) is 0 Å². The summed E-state index contributed by atoms with van der Waals surface area (Å²) in [6, 6.07) is 0. The molecule has 1 amide bonds. The van der Waals surface area contributed by atoms with Gasteiger partial charge in [0, 0.05) is 6.42 Å². The summed E-state index contributed by atoms with van der Waals surface area (Å²) in [7, 11) is 0. The molecular weight excluding hydrogens is 243 g/mol. The molecular formula is C7H10F3N5O2. The van der Waals surface area contributed by atoms with Gasteiger partial charge in [-0.2, -0.15) is 18.4 Å². The van der Waals surface area contributed by atoms with E-state index in [0.717, 1.165) is 0 Å². The number of carbonyl (C=O) groups excluding carboxylic acids is 1. The molecule has 0 bridgehead atoms. The van der Waals surface area contributed by atoms with Gasteiger partial charge in [-0.15, -0.1) is 10.2 Å². The van der Waals surface area contributed by atoms with Crippen molar-refractivity contribution in [2.24, 2.45) is 0 Å². The van der Waals surface area contributed by atoms with Gasteiger partial charge in [0.15, 0.2) is 5.82 Å². The van der Waals surface area contributed by atoms with Crippen LogP contribution in [0, 0.1) is 0 Å². The topological polar surface area (TPSA) is 92.8 Å². The number of hydrogen-bond acceptors (Lipinski definition) is 5. The number of rotatable bonds is 6. The number of ether oxygens (including phenoxy) is 1. The van der Waals surface area contributed by atoms with Gasteiger partial charge in [0.1, 0.15) is 6.61 Å². The van der Waals surface area contributed by atoms with E-state index in [0.29, 0.717) is 0 Å². The normalized spacial score (nSPS) is 11.5. The highest BCUT2D eigenvalue weighted by Crippen LogP contribution is 2.14. The second-order valence-electron chi connectivity index (χ2n) is 3.02. The first-order chi connectivity index (χ1) is 7.97. The number of amides is 1. The van der Waals surface area contributed by atoms with Crippen molar-refractivity contribution < 1.29 is 22.7 Å². The van der Waals surface area contributed by atoms with Crippen molar-refractivity contribution in [3.05, 3.63) is 5.82 Å². The second kappa shape index (κ2) is 6.13. The number of tetrazole rings is 1. The quantitative estimate of drug-likeness (QED) is 0.684. The molecule has 0 aliphatic heterocycles. The first-order valence-electron chi connectivity index (χ1n) is 4.61. The van der Waals surface area contributed by atoms with Crippen LogP contribution in [0.5, 0.6) is 0 Å². The van der Waals surface area contributed by atoms with Crippen LogP contribution < -0.4 is 5.32 Å². The zero-order valence-corrected chi connectivity index (χ0v) is 8.62. The van der Waals surface area contributed by atoms with Crippen molar-refractivity contribution in [3.8, 4) is 0 Å². The maximum Gasteiger partial charge on any atom is 0.411 e. The average Bonchev–Trinajstić information content (AvgIpc) is 2.73. The predicted molar refractivity (Wildman–Crippen MR) is 47.5 cm³/mol. The fourth-order valence-electron chi connectivity index (χ4n) is 0.876. The molecule has 2 N–H and O–H groups in total. The molecule has 96 valence electrons. The van der Waals surface area contributed by atoms with E-state index in [9.17, 15) is 18.0 Å². The van der Waals surface area contributed by atoms with Crippen LogP contribution in [0.1, 0.15) is 12.2 Å². The number of carbonyl (C=O) groups is 1. The Morgan fingerprint density at radius 2 is 2.24 bits per heavy atom. The molecule has 1 aromatic rings. The number of halogens is 3. The summed E-state index contributed by atoms with van der Waals surface area (Å²) in [4.78, 5) is 11.1. The molecule has 0 radical (unpaired) electrons. The minimum Gasteiger partial charge on any atom is -0.372 e. The molecule has 0 saturated carbocycles. The van der Waals surface area contributed by atoms with Crippen LogP contribution in [-0.4, -0.2) is 45.9 Å². The molecule has 0 fully saturated rings. The molecule has 1 heterocycles. The van der Waals surface area contributed by atoms with E-state index in [2.05, 4.69) is 30.7 Å². The Morgan fingerprint density at radius 1 is 1.47 bits per heavy atom. The molecule has 1 rings (SSSR count). The summed E-state index contributed by atoms with van der Waals surface area (Å²) in [6.07, 6.45) is -4.53. The van der Waals surface area contributed by atoms with Gasteiger partial charge in [-0.1, -0.05) is 5.21 Å². The summed E-state index contributed by atoms with van der Waals surface area (Å²) in [6.45, 7) is -1.59. The Labute approximate surface area is 93.7 Å². The van der Waals surface area contributed by atoms with Crippen LogP contribution in [0.3, 0.4) is 0 Å². The monoisotopic (exact) mass is 253 g/mol. The lowest BCUT2D eigenvalue weighted by molar-refractivity contribution is -0.174. The maximum absolute atomic E-state index is 11.7. The summed E-state index contributed by atoms with van der Waals surface area (Å²) >= 11 is 0. The van der Waals surface area contributed by atoms with Crippen molar-refractivity contribution in [2.75, 3.05) is 13.2 Å². The highest BCUT2D eigenvalue weighted by Gasteiger charge is 2.27. The van der Waals surface area contributed by atoms with E-state index in [4.69, 9.17) is 0 Å².